The second-order valence-corrected chi connectivity index (χ2v) is 6.15. The van der Waals surface area contributed by atoms with Crippen LogP contribution in [0.3, 0.4) is 0 Å². The summed E-state index contributed by atoms with van der Waals surface area (Å²) < 4.78 is 42.2. The molecule has 1 aromatic heterocycles. The predicted molar refractivity (Wildman–Crippen MR) is 90.4 cm³/mol. The highest BCUT2D eigenvalue weighted by molar-refractivity contribution is 6.34. The third-order valence-electron chi connectivity index (χ3n) is 3.41. The molecule has 0 N–H and O–H groups in total. The Kier molecular flexibility index (Phi) is 4.67. The van der Waals surface area contributed by atoms with E-state index in [0.717, 1.165) is 5.56 Å². The van der Waals surface area contributed by atoms with Crippen LogP contribution >= 0.6 is 23.2 Å². The molecule has 25 heavy (non-hydrogen) atoms. The largest absolute Gasteiger partial charge is 0.573 e. The quantitative estimate of drug-likeness (QED) is 0.547. The van der Waals surface area contributed by atoms with Crippen molar-refractivity contribution in [2.45, 2.75) is 13.3 Å². The summed E-state index contributed by atoms with van der Waals surface area (Å²) in [5.41, 5.74) is 2.88. The Hall–Kier alpha value is -2.18. The summed E-state index contributed by atoms with van der Waals surface area (Å²) in [6, 6.07) is 10.6. The maximum Gasteiger partial charge on any atom is 0.573 e. The molecule has 1 heterocycles. The number of rotatable bonds is 3. The minimum atomic E-state index is -4.71. The van der Waals surface area contributed by atoms with E-state index < -0.39 is 6.36 Å². The second-order valence-electron chi connectivity index (χ2n) is 5.27. The van der Waals surface area contributed by atoms with Crippen molar-refractivity contribution < 1.29 is 17.9 Å². The standard InChI is InChI=1S/C17H11Cl2F3N2O/c1-10-16(11-2-4-15(5-3-11)25-17(20,21)22)9-24(23-10)14-7-12(18)6-13(19)8-14/h2-9H,1H3. The first-order chi connectivity index (χ1) is 11.7. The Morgan fingerprint density at radius 1 is 1.00 bits per heavy atom. The van der Waals surface area contributed by atoms with Gasteiger partial charge in [-0.15, -0.1) is 13.2 Å². The minimum absolute atomic E-state index is 0.275. The van der Waals surface area contributed by atoms with Gasteiger partial charge in [0.2, 0.25) is 0 Å². The lowest BCUT2D eigenvalue weighted by Crippen LogP contribution is -2.16. The Balaban J connectivity index is 1.92. The topological polar surface area (TPSA) is 27.1 Å². The van der Waals surface area contributed by atoms with Crippen LogP contribution in [0, 0.1) is 6.92 Å². The molecule has 2 aromatic carbocycles. The molecule has 3 rings (SSSR count). The zero-order chi connectivity index (χ0) is 18.2. The molecule has 3 nitrogen and oxygen atoms in total. The Morgan fingerprint density at radius 3 is 2.16 bits per heavy atom. The van der Waals surface area contributed by atoms with Crippen molar-refractivity contribution in [3.8, 4) is 22.6 Å². The number of benzene rings is 2. The first-order valence-electron chi connectivity index (χ1n) is 7.10. The lowest BCUT2D eigenvalue weighted by atomic mass is 10.1. The first-order valence-corrected chi connectivity index (χ1v) is 7.86. The first kappa shape index (κ1) is 17.6. The molecule has 0 bridgehead atoms. The molecule has 0 aliphatic heterocycles. The van der Waals surface area contributed by atoms with Gasteiger partial charge >= 0.3 is 6.36 Å². The van der Waals surface area contributed by atoms with Crippen LogP contribution in [0.1, 0.15) is 5.69 Å². The fraction of sp³-hybridized carbons (Fsp3) is 0.118. The van der Waals surface area contributed by atoms with E-state index in [-0.39, 0.29) is 5.75 Å². The van der Waals surface area contributed by atoms with Crippen LogP contribution in [0.2, 0.25) is 10.0 Å². The number of hydrogen-bond donors (Lipinski definition) is 0. The van der Waals surface area contributed by atoms with E-state index >= 15 is 0 Å². The number of aromatic nitrogens is 2. The Bertz CT molecular complexity index is 885. The van der Waals surface area contributed by atoms with Gasteiger partial charge in [-0.25, -0.2) is 4.68 Å². The summed E-state index contributed by atoms with van der Waals surface area (Å²) in [5.74, 6) is -0.275. The Morgan fingerprint density at radius 2 is 1.60 bits per heavy atom. The van der Waals surface area contributed by atoms with Crippen molar-refractivity contribution in [2.24, 2.45) is 0 Å². The minimum Gasteiger partial charge on any atom is -0.406 e. The molecule has 0 amide bonds. The zero-order valence-electron chi connectivity index (χ0n) is 12.8. The Labute approximate surface area is 151 Å². The van der Waals surface area contributed by atoms with Crippen molar-refractivity contribution >= 4 is 23.2 Å². The van der Waals surface area contributed by atoms with Gasteiger partial charge in [-0.3, -0.25) is 0 Å². The molecule has 8 heteroatoms. The highest BCUT2D eigenvalue weighted by Gasteiger charge is 2.31. The van der Waals surface area contributed by atoms with Crippen LogP contribution in [-0.2, 0) is 0 Å². The number of ether oxygens (including phenoxy) is 1. The van der Waals surface area contributed by atoms with Crippen LogP contribution in [0.4, 0.5) is 13.2 Å². The van der Waals surface area contributed by atoms with Gasteiger partial charge in [0.05, 0.1) is 11.4 Å². The molecule has 0 atom stereocenters. The molecule has 3 aromatic rings. The summed E-state index contributed by atoms with van der Waals surface area (Å²) in [6.07, 6.45) is -2.95. The molecule has 0 spiro atoms. The smallest absolute Gasteiger partial charge is 0.406 e. The fourth-order valence-electron chi connectivity index (χ4n) is 2.38. The number of nitrogens with zero attached hydrogens (tertiary/aromatic N) is 2. The van der Waals surface area contributed by atoms with Gasteiger partial charge in [0.1, 0.15) is 5.75 Å². The van der Waals surface area contributed by atoms with Crippen molar-refractivity contribution in [1.29, 1.82) is 0 Å². The van der Waals surface area contributed by atoms with Crippen LogP contribution in [0.15, 0.2) is 48.7 Å². The fourth-order valence-corrected chi connectivity index (χ4v) is 2.90. The van der Waals surface area contributed by atoms with Crippen LogP contribution in [-0.4, -0.2) is 16.1 Å². The van der Waals surface area contributed by atoms with Crippen LogP contribution in [0.25, 0.3) is 16.8 Å². The highest BCUT2D eigenvalue weighted by atomic mass is 35.5. The number of hydrogen-bond acceptors (Lipinski definition) is 2. The normalized spacial score (nSPS) is 11.6. The summed E-state index contributed by atoms with van der Waals surface area (Å²) in [6.45, 7) is 1.80. The van der Waals surface area contributed by atoms with Gasteiger partial charge in [0, 0.05) is 21.8 Å². The van der Waals surface area contributed by atoms with E-state index in [1.165, 1.54) is 12.1 Å². The molecule has 0 aliphatic carbocycles. The van der Waals surface area contributed by atoms with E-state index in [0.29, 0.717) is 27.0 Å². The number of halogens is 5. The molecule has 0 unspecified atom stereocenters. The predicted octanol–water partition coefficient (Wildman–Crippen LogP) is 6.05. The van der Waals surface area contributed by atoms with E-state index in [1.807, 2.05) is 0 Å². The van der Waals surface area contributed by atoms with E-state index in [9.17, 15) is 13.2 Å². The zero-order valence-corrected chi connectivity index (χ0v) is 14.3. The van der Waals surface area contributed by atoms with Gasteiger partial charge in [-0.05, 0) is 42.8 Å². The molecular formula is C17H11Cl2F3N2O. The maximum atomic E-state index is 12.2. The molecular weight excluding hydrogens is 376 g/mol. The van der Waals surface area contributed by atoms with Crippen LogP contribution < -0.4 is 4.74 Å². The molecule has 130 valence electrons. The monoisotopic (exact) mass is 386 g/mol. The summed E-state index contributed by atoms with van der Waals surface area (Å²) in [4.78, 5) is 0. The van der Waals surface area contributed by atoms with Crippen molar-refractivity contribution in [2.75, 3.05) is 0 Å². The SMILES string of the molecule is Cc1nn(-c2cc(Cl)cc(Cl)c2)cc1-c1ccc(OC(F)(F)F)cc1. The lowest BCUT2D eigenvalue weighted by molar-refractivity contribution is -0.274. The van der Waals surface area contributed by atoms with Gasteiger partial charge < -0.3 is 4.74 Å². The van der Waals surface area contributed by atoms with E-state index in [1.54, 1.807) is 48.1 Å². The summed E-state index contributed by atoms with van der Waals surface area (Å²) >= 11 is 12.0. The molecule has 0 aliphatic rings. The number of aryl methyl sites for hydroxylation is 1. The van der Waals surface area contributed by atoms with Gasteiger partial charge in [0.15, 0.2) is 0 Å². The molecule has 0 saturated heterocycles. The average Bonchev–Trinajstić information content (AvgIpc) is 2.87. The average molecular weight is 387 g/mol. The van der Waals surface area contributed by atoms with Gasteiger partial charge in [-0.1, -0.05) is 35.3 Å². The third-order valence-corrected chi connectivity index (χ3v) is 3.85. The summed E-state index contributed by atoms with van der Waals surface area (Å²) in [7, 11) is 0. The number of alkyl halides is 3. The van der Waals surface area contributed by atoms with Crippen LogP contribution in [0.5, 0.6) is 5.75 Å². The van der Waals surface area contributed by atoms with E-state index in [2.05, 4.69) is 9.84 Å². The molecule has 0 saturated carbocycles. The second kappa shape index (κ2) is 6.61. The van der Waals surface area contributed by atoms with E-state index in [4.69, 9.17) is 23.2 Å². The van der Waals surface area contributed by atoms with Crippen molar-refractivity contribution in [3.05, 3.63) is 64.4 Å². The van der Waals surface area contributed by atoms with Gasteiger partial charge in [0.25, 0.3) is 0 Å². The maximum absolute atomic E-state index is 12.2. The van der Waals surface area contributed by atoms with Crippen molar-refractivity contribution in [1.82, 2.24) is 9.78 Å². The van der Waals surface area contributed by atoms with Gasteiger partial charge in [-0.2, -0.15) is 5.10 Å². The van der Waals surface area contributed by atoms with Crippen molar-refractivity contribution in [3.63, 3.8) is 0 Å². The highest BCUT2D eigenvalue weighted by Crippen LogP contribution is 2.29. The summed E-state index contributed by atoms with van der Waals surface area (Å²) in [5, 5.41) is 5.36. The lowest BCUT2D eigenvalue weighted by Gasteiger charge is -2.09. The molecule has 0 radical (unpaired) electrons. The molecule has 0 fully saturated rings. The third kappa shape index (κ3) is 4.27.